The maximum Gasteiger partial charge on any atom is 0.0554 e. The molecule has 0 unspecified atom stereocenters. The molecule has 0 aliphatic heterocycles. The fraction of sp³-hybridized carbons (Fsp3) is 0. The van der Waals surface area contributed by atoms with Crippen LogP contribution in [0.5, 0.6) is 0 Å². The lowest BCUT2D eigenvalue weighted by atomic mass is 10.0. The van der Waals surface area contributed by atoms with Gasteiger partial charge in [0.2, 0.25) is 0 Å². The molecule has 0 fully saturated rings. The molecule has 0 atom stereocenters. The summed E-state index contributed by atoms with van der Waals surface area (Å²) in [7, 11) is 0. The molecule has 6 heterocycles. The van der Waals surface area contributed by atoms with Gasteiger partial charge in [0.25, 0.3) is 0 Å². The summed E-state index contributed by atoms with van der Waals surface area (Å²) in [6, 6.07) is 198. The molecule has 700 valence electrons. The Morgan fingerprint density at radius 1 is 0.108 bits per heavy atom. The van der Waals surface area contributed by atoms with Crippen LogP contribution in [0.4, 0.5) is 102 Å². The highest BCUT2D eigenvalue weighted by Gasteiger charge is 2.27. The summed E-state index contributed by atoms with van der Waals surface area (Å²) in [5.41, 5.74) is 23.1. The SMILES string of the molecule is c1ccc(-c2ccc(N(c3ccc4c(c3)sc3ccc(N(c5ccccc5)c5ccccc5)cc34)c3cccc4sc5ccccc5c34)cc2)cc1.c1ccc(N(c2ccc3c(c2)sc2ccccc23)c2ccc3c(c2)sc2ccc(N(c4ccccc4)c4ccccc4)cc23)cc1.c1ccc(N(c2ccccc2)c2ccc3sc4cc(N(c5ccc6c(c5)sc5ccccc56)c5cccc6ccccc56)ccc4c3c2)cc1. The molecular formula is C136H90N6S6. The number of anilines is 18. The summed E-state index contributed by atoms with van der Waals surface area (Å²) in [6.45, 7) is 0. The highest BCUT2D eigenvalue weighted by molar-refractivity contribution is 7.28. The van der Waals surface area contributed by atoms with Gasteiger partial charge in [0.05, 0.1) is 11.4 Å². The quantitative estimate of drug-likeness (QED) is 0.0798. The Morgan fingerprint density at radius 2 is 0.324 bits per heavy atom. The topological polar surface area (TPSA) is 19.4 Å². The number of hydrogen-bond donors (Lipinski definition) is 0. The first-order valence-electron chi connectivity index (χ1n) is 49.8. The summed E-state index contributed by atoms with van der Waals surface area (Å²) in [5, 5.41) is 17.9. The third-order valence-electron chi connectivity index (χ3n) is 28.1. The molecule has 12 heteroatoms. The van der Waals surface area contributed by atoms with Gasteiger partial charge in [0, 0.05) is 217 Å². The Balaban J connectivity index is 0.000000110. The number of fused-ring (bicyclic) bond motifs is 19. The van der Waals surface area contributed by atoms with Crippen LogP contribution >= 0.6 is 68.0 Å². The normalized spacial score (nSPS) is 11.5. The van der Waals surface area contributed by atoms with E-state index in [9.17, 15) is 0 Å². The number of hydrogen-bond acceptors (Lipinski definition) is 12. The van der Waals surface area contributed by atoms with Crippen molar-refractivity contribution in [2.45, 2.75) is 0 Å². The van der Waals surface area contributed by atoms with Gasteiger partial charge < -0.3 is 29.4 Å². The molecule has 6 aromatic heterocycles. The van der Waals surface area contributed by atoms with Gasteiger partial charge in [-0.2, -0.15) is 0 Å². The van der Waals surface area contributed by atoms with E-state index in [1.165, 1.54) is 154 Å². The Bertz CT molecular complexity index is 9850. The Kier molecular flexibility index (Phi) is 23.4. The molecule has 148 heavy (non-hydrogen) atoms. The minimum Gasteiger partial charge on any atom is -0.310 e. The van der Waals surface area contributed by atoms with Crippen LogP contribution < -0.4 is 29.4 Å². The molecule has 0 aliphatic carbocycles. The minimum atomic E-state index is 1.13. The highest BCUT2D eigenvalue weighted by atomic mass is 32.1. The maximum atomic E-state index is 2.44. The predicted octanol–water partition coefficient (Wildman–Crippen LogP) is 42.9. The number of rotatable bonds is 19. The van der Waals surface area contributed by atoms with E-state index in [2.05, 4.69) is 575 Å². The Hall–Kier alpha value is -17.6. The van der Waals surface area contributed by atoms with Crippen molar-refractivity contribution in [3.8, 4) is 11.1 Å². The summed E-state index contributed by atoms with van der Waals surface area (Å²) in [6.07, 6.45) is 0. The standard InChI is InChI=1S/C48H32N2S2.C46H30N2S2.C42H28N2S2/c1-4-13-33(14-5-1)34-23-25-37(26-24-34)50(43-20-12-22-46-48(43)41-19-10-11-21-44(41)51-46)39-27-29-40-42-31-38(28-30-45(42)52-47(40)32-39)49(35-15-6-2-7-16-35)36-17-8-3-9-18-36;1-3-14-32(15-4-1)47(33-16-5-2-6-17-33)34-24-27-44-41(28-34)40-26-23-36(30-46(40)50-44)48(42-20-11-13-31-12-7-8-18-37(31)42)35-22-25-39-38-19-9-10-21-43(38)49-45(39)29-35;1-4-12-29(13-5-1)43(30-14-6-2-7-15-30)32-22-25-40-38(26-32)37-24-21-34(28-42(37)46-40)44(31-16-8-3-9-17-31)33-20-23-36-35-18-10-11-19-39(35)45-41(36)27-33/h1-32H;1-30H;1-28H. The summed E-state index contributed by atoms with van der Waals surface area (Å²) < 4.78 is 15.5. The third-order valence-corrected chi connectivity index (χ3v) is 34.9. The minimum absolute atomic E-state index is 1.13. The number of nitrogens with zero attached hydrogens (tertiary/aromatic N) is 6. The van der Waals surface area contributed by atoms with Crippen molar-refractivity contribution in [3.63, 3.8) is 0 Å². The average molecular weight is 2000 g/mol. The number of benzene rings is 23. The molecular weight excluding hydrogens is 1910 g/mol. The molecule has 0 amide bonds. The molecule has 6 nitrogen and oxygen atoms in total. The van der Waals surface area contributed by atoms with Gasteiger partial charge in [-0.3, -0.25) is 0 Å². The Labute approximate surface area is 881 Å². The average Bonchev–Trinajstić information content (AvgIpc) is 1.60. The number of para-hydroxylation sites is 7. The smallest absolute Gasteiger partial charge is 0.0554 e. The lowest BCUT2D eigenvalue weighted by Gasteiger charge is -2.27. The van der Waals surface area contributed by atoms with Crippen LogP contribution in [0.25, 0.3) is 143 Å². The van der Waals surface area contributed by atoms with E-state index in [0.29, 0.717) is 0 Å². The zero-order chi connectivity index (χ0) is 97.9. The molecule has 0 N–H and O–H groups in total. The summed E-state index contributed by atoms with van der Waals surface area (Å²) >= 11 is 11.2. The van der Waals surface area contributed by atoms with Crippen molar-refractivity contribution in [1.82, 2.24) is 0 Å². The summed E-state index contributed by atoms with van der Waals surface area (Å²) in [4.78, 5) is 14.3. The van der Waals surface area contributed by atoms with Gasteiger partial charge in [-0.05, 0) is 265 Å². The van der Waals surface area contributed by atoms with Crippen LogP contribution in [-0.2, 0) is 0 Å². The maximum absolute atomic E-state index is 2.44. The third kappa shape index (κ3) is 16.8. The lowest BCUT2D eigenvalue weighted by Crippen LogP contribution is -2.10. The van der Waals surface area contributed by atoms with Crippen molar-refractivity contribution in [1.29, 1.82) is 0 Å². The van der Waals surface area contributed by atoms with Gasteiger partial charge in [0.1, 0.15) is 0 Å². The van der Waals surface area contributed by atoms with Crippen molar-refractivity contribution >= 4 is 302 Å². The van der Waals surface area contributed by atoms with E-state index in [4.69, 9.17) is 0 Å². The van der Waals surface area contributed by atoms with Gasteiger partial charge in [-0.1, -0.05) is 297 Å². The molecule has 23 aromatic carbocycles. The van der Waals surface area contributed by atoms with E-state index < -0.39 is 0 Å². The first-order chi connectivity index (χ1) is 73.4. The van der Waals surface area contributed by atoms with Crippen molar-refractivity contribution < 1.29 is 0 Å². The number of thiophene rings is 6. The molecule has 0 saturated heterocycles. The fourth-order valence-electron chi connectivity index (χ4n) is 21.3. The zero-order valence-corrected chi connectivity index (χ0v) is 85.0. The predicted molar refractivity (Wildman–Crippen MR) is 648 cm³/mol. The molecule has 0 aliphatic rings. The molecule has 0 saturated carbocycles. The van der Waals surface area contributed by atoms with Crippen LogP contribution in [0.1, 0.15) is 0 Å². The lowest BCUT2D eigenvalue weighted by molar-refractivity contribution is 1.29. The van der Waals surface area contributed by atoms with Crippen molar-refractivity contribution in [2.24, 2.45) is 0 Å². The Morgan fingerprint density at radius 3 is 0.696 bits per heavy atom. The van der Waals surface area contributed by atoms with Crippen molar-refractivity contribution in [2.75, 3.05) is 29.4 Å². The van der Waals surface area contributed by atoms with Gasteiger partial charge in [-0.15, -0.1) is 68.0 Å². The van der Waals surface area contributed by atoms with Gasteiger partial charge in [0.15, 0.2) is 0 Å². The highest BCUT2D eigenvalue weighted by Crippen LogP contribution is 2.53. The van der Waals surface area contributed by atoms with E-state index in [1.54, 1.807) is 0 Å². The second-order valence-corrected chi connectivity index (χ2v) is 43.5. The van der Waals surface area contributed by atoms with E-state index in [-0.39, 0.29) is 0 Å². The van der Waals surface area contributed by atoms with Crippen LogP contribution in [0.15, 0.2) is 546 Å². The molecule has 0 bridgehead atoms. The second-order valence-electron chi connectivity index (χ2n) is 37.0. The van der Waals surface area contributed by atoms with Crippen molar-refractivity contribution in [3.05, 3.63) is 546 Å². The molecule has 29 rings (SSSR count). The van der Waals surface area contributed by atoms with Gasteiger partial charge in [-0.25, -0.2) is 0 Å². The van der Waals surface area contributed by atoms with E-state index >= 15 is 0 Å². The first kappa shape index (κ1) is 89.3. The first-order valence-corrected chi connectivity index (χ1v) is 54.7. The molecule has 0 radical (unpaired) electrons. The summed E-state index contributed by atoms with van der Waals surface area (Å²) in [5.74, 6) is 0. The zero-order valence-electron chi connectivity index (χ0n) is 80.1. The van der Waals surface area contributed by atoms with Crippen LogP contribution in [0.3, 0.4) is 0 Å². The van der Waals surface area contributed by atoms with E-state index in [1.807, 2.05) is 68.0 Å². The fourth-order valence-corrected chi connectivity index (χ4v) is 28.0. The molecule has 0 spiro atoms. The van der Waals surface area contributed by atoms with Crippen LogP contribution in [0, 0.1) is 0 Å². The van der Waals surface area contributed by atoms with Crippen LogP contribution in [0.2, 0.25) is 0 Å². The largest absolute Gasteiger partial charge is 0.310 e. The molecule has 29 aromatic rings. The van der Waals surface area contributed by atoms with Gasteiger partial charge >= 0.3 is 0 Å². The second kappa shape index (κ2) is 38.9. The monoisotopic (exact) mass is 2000 g/mol. The van der Waals surface area contributed by atoms with E-state index in [0.717, 1.165) is 91.0 Å². The van der Waals surface area contributed by atoms with Crippen LogP contribution in [-0.4, -0.2) is 0 Å².